The fraction of sp³-hybridized carbons (Fsp3) is 0.825. The van der Waals surface area contributed by atoms with Crippen molar-refractivity contribution in [3.05, 3.63) is 35.9 Å². The zero-order valence-corrected chi connectivity index (χ0v) is 33.6. The number of aliphatic hydroxyl groups excluding tert-OH is 2. The van der Waals surface area contributed by atoms with Crippen molar-refractivity contribution >= 4 is 5.97 Å². The average molecular weight is 738 g/mol. The van der Waals surface area contributed by atoms with Gasteiger partial charge >= 0.3 is 5.97 Å². The van der Waals surface area contributed by atoms with Crippen LogP contribution in [0.15, 0.2) is 30.3 Å². The van der Waals surface area contributed by atoms with Crippen molar-refractivity contribution in [3.8, 4) is 0 Å². The molecule has 0 aliphatic carbocycles. The second-order valence-electron chi connectivity index (χ2n) is 16.8. The first-order valence-electron chi connectivity index (χ1n) is 19.4. The van der Waals surface area contributed by atoms with Gasteiger partial charge in [-0.2, -0.15) is 0 Å². The number of benzene rings is 1. The molecule has 2 fully saturated rings. The lowest BCUT2D eigenvalue weighted by molar-refractivity contribution is -0.304. The van der Waals surface area contributed by atoms with Crippen molar-refractivity contribution < 1.29 is 44.5 Å². The Morgan fingerprint density at radius 2 is 1.69 bits per heavy atom. The lowest BCUT2D eigenvalue weighted by Crippen LogP contribution is -2.64. The topological polar surface area (TPSA) is 173 Å². The van der Waals surface area contributed by atoms with Gasteiger partial charge in [-0.15, -0.1) is 0 Å². The number of cyclic esters (lactones) is 1. The van der Waals surface area contributed by atoms with Crippen molar-refractivity contribution in [1.29, 1.82) is 0 Å². The van der Waals surface area contributed by atoms with Gasteiger partial charge in [0.2, 0.25) is 0 Å². The molecule has 15 atom stereocenters. The number of nitrogens with zero attached hydrogens (tertiary/aromatic N) is 1. The van der Waals surface area contributed by atoms with Crippen molar-refractivity contribution in [2.45, 2.75) is 166 Å². The summed E-state index contributed by atoms with van der Waals surface area (Å²) in [6, 6.07) is 9.20. The van der Waals surface area contributed by atoms with Gasteiger partial charge in [-0.3, -0.25) is 4.79 Å². The van der Waals surface area contributed by atoms with Crippen LogP contribution in [0.25, 0.3) is 0 Å². The molecule has 2 aliphatic heterocycles. The molecule has 2 aliphatic rings. The van der Waals surface area contributed by atoms with Gasteiger partial charge in [0.25, 0.3) is 0 Å². The highest BCUT2D eigenvalue weighted by Crippen LogP contribution is 2.40. The van der Waals surface area contributed by atoms with E-state index in [1.165, 1.54) is 12.5 Å². The number of hydrogen-bond acceptors (Lipinski definition) is 12. The van der Waals surface area contributed by atoms with Crippen LogP contribution in [0.2, 0.25) is 0 Å². The van der Waals surface area contributed by atoms with Crippen LogP contribution in [0.5, 0.6) is 0 Å². The molecule has 12 heteroatoms. The number of esters is 1. The molecule has 0 radical (unpaired) electrons. The summed E-state index contributed by atoms with van der Waals surface area (Å²) in [5.41, 5.74) is -4.07. The summed E-state index contributed by atoms with van der Waals surface area (Å²) in [5.74, 6) is -3.01. The second kappa shape index (κ2) is 18.8. The summed E-state index contributed by atoms with van der Waals surface area (Å²) in [5, 5.41) is 66.5. The zero-order valence-electron chi connectivity index (χ0n) is 33.6. The average Bonchev–Trinajstić information content (AvgIpc) is 3.09. The Labute approximate surface area is 312 Å². The Morgan fingerprint density at radius 1 is 1.06 bits per heavy atom. The summed E-state index contributed by atoms with van der Waals surface area (Å²) in [4.78, 5) is 16.1. The molecule has 3 rings (SSSR count). The second-order valence-corrected chi connectivity index (χ2v) is 16.8. The monoisotopic (exact) mass is 738 g/mol. The molecule has 300 valence electrons. The van der Waals surface area contributed by atoms with Crippen LogP contribution in [0.4, 0.5) is 0 Å². The van der Waals surface area contributed by atoms with Gasteiger partial charge in [-0.25, -0.2) is 0 Å². The first kappa shape index (κ1) is 44.7. The molecule has 12 nitrogen and oxygen atoms in total. The predicted molar refractivity (Wildman–Crippen MR) is 201 cm³/mol. The molecule has 0 aromatic heterocycles. The van der Waals surface area contributed by atoms with E-state index in [-0.39, 0.29) is 43.5 Å². The number of ether oxygens (including phenoxy) is 3. The van der Waals surface area contributed by atoms with Crippen molar-refractivity contribution in [2.75, 3.05) is 27.2 Å². The maximum Gasteiger partial charge on any atom is 0.312 e. The number of hydrogen-bond donors (Lipinski definition) is 7. The van der Waals surface area contributed by atoms with E-state index in [0.29, 0.717) is 13.0 Å². The van der Waals surface area contributed by atoms with Crippen molar-refractivity contribution in [3.63, 3.8) is 0 Å². The van der Waals surface area contributed by atoms with E-state index in [2.05, 4.69) is 22.8 Å². The molecule has 0 bridgehead atoms. The van der Waals surface area contributed by atoms with Crippen LogP contribution in [0.1, 0.15) is 93.6 Å². The number of likely N-dealkylation sites (N-methyl/N-ethyl adjacent to an activating group) is 1. The largest absolute Gasteiger partial charge is 0.459 e. The summed E-state index contributed by atoms with van der Waals surface area (Å²) < 4.78 is 18.8. The lowest BCUT2D eigenvalue weighted by atomic mass is 9.70. The van der Waals surface area contributed by atoms with Gasteiger partial charge in [0.1, 0.15) is 23.9 Å². The molecule has 0 amide bonds. The van der Waals surface area contributed by atoms with E-state index in [9.17, 15) is 30.3 Å². The maximum atomic E-state index is 14.1. The van der Waals surface area contributed by atoms with Crippen LogP contribution in [0.3, 0.4) is 0 Å². The third-order valence-electron chi connectivity index (χ3n) is 11.9. The summed E-state index contributed by atoms with van der Waals surface area (Å²) in [6.07, 6.45) is -3.34. The molecule has 52 heavy (non-hydrogen) atoms. The Bertz CT molecular complexity index is 1240. The van der Waals surface area contributed by atoms with E-state index in [0.717, 1.165) is 12.8 Å². The molecule has 7 N–H and O–H groups in total. The fourth-order valence-corrected chi connectivity index (χ4v) is 8.19. The predicted octanol–water partition coefficient (Wildman–Crippen LogP) is 2.61. The SMILES string of the molecule is CC[C@H]1OC(=O)C(C)[C@@](O)(CNC(C)CCc2ccccc2)[C@H](C)[C@@H](O[C@@H]2O[C@H](C)C[C@H](N(C)C)[C@H]2O)[C@@](C)(O)C[C@@H](C)CN[C@H](C)[C@@H](O)[C@]1(C)O. The quantitative estimate of drug-likeness (QED) is 0.175. The Balaban J connectivity index is 2.09. The van der Waals surface area contributed by atoms with Gasteiger partial charge in [0, 0.05) is 30.6 Å². The summed E-state index contributed by atoms with van der Waals surface area (Å²) in [7, 11) is 3.77. The highest BCUT2D eigenvalue weighted by Gasteiger charge is 2.54. The molecular weight excluding hydrogens is 666 g/mol. The Hall–Kier alpha value is -1.71. The molecule has 2 heterocycles. The highest BCUT2D eigenvalue weighted by molar-refractivity contribution is 5.74. The Morgan fingerprint density at radius 3 is 2.29 bits per heavy atom. The molecule has 2 unspecified atom stereocenters. The smallest absolute Gasteiger partial charge is 0.312 e. The Kier molecular flexibility index (Phi) is 16.1. The van der Waals surface area contributed by atoms with Gasteiger partial charge in [0.05, 0.1) is 29.3 Å². The summed E-state index contributed by atoms with van der Waals surface area (Å²) >= 11 is 0. The van der Waals surface area contributed by atoms with Crippen LogP contribution < -0.4 is 10.6 Å². The fourth-order valence-electron chi connectivity index (χ4n) is 8.19. The van der Waals surface area contributed by atoms with Gasteiger partial charge < -0.3 is 55.3 Å². The van der Waals surface area contributed by atoms with Crippen LogP contribution in [0, 0.1) is 17.8 Å². The molecule has 1 aromatic rings. The standard InChI is InChI=1S/C40H71N3O9/c1-12-32-39(9,48)34(45)29(7)41-22-24(2)21-38(8,47)35(52-37-33(44)31(43(10)11)20-26(4)50-37)27(5)40(49,28(6)36(46)51-32)23-42-25(3)18-19-30-16-14-13-15-17-30/h13-17,24-29,31-35,37,41-42,44-45,47-49H,12,18-23H2,1-11H3/t24-,25?,26-,27-,28?,29-,31+,32-,33-,34-,35-,37+,38+,39-,40-/m1/s1. The molecule has 0 saturated carbocycles. The number of carbonyl (C=O) groups excluding carboxylic acids is 1. The molecular formula is C40H71N3O9. The molecule has 0 spiro atoms. The van der Waals surface area contributed by atoms with E-state index in [1.54, 1.807) is 34.6 Å². The minimum atomic E-state index is -1.86. The van der Waals surface area contributed by atoms with E-state index in [1.807, 2.05) is 58.0 Å². The minimum absolute atomic E-state index is 0.0505. The number of aliphatic hydroxyl groups is 5. The zero-order chi connectivity index (χ0) is 39.2. The van der Waals surface area contributed by atoms with Gasteiger partial charge in [-0.05, 0) is 106 Å². The molecule has 2 saturated heterocycles. The summed E-state index contributed by atoms with van der Waals surface area (Å²) in [6.45, 7) is 16.2. The number of carbonyl (C=O) groups is 1. The first-order valence-corrected chi connectivity index (χ1v) is 19.4. The van der Waals surface area contributed by atoms with E-state index < -0.39 is 71.4 Å². The van der Waals surface area contributed by atoms with Crippen molar-refractivity contribution in [2.24, 2.45) is 17.8 Å². The highest BCUT2D eigenvalue weighted by atomic mass is 16.7. The normalized spacial score (nSPS) is 42.2. The van der Waals surface area contributed by atoms with Crippen LogP contribution >= 0.6 is 0 Å². The maximum absolute atomic E-state index is 14.1. The number of nitrogens with one attached hydrogen (secondary N) is 2. The number of rotatable bonds is 10. The lowest BCUT2D eigenvalue weighted by Gasteiger charge is -2.49. The number of aryl methyl sites for hydroxylation is 1. The van der Waals surface area contributed by atoms with Crippen molar-refractivity contribution in [1.82, 2.24) is 15.5 Å². The van der Waals surface area contributed by atoms with Crippen LogP contribution in [-0.4, -0.2) is 135 Å². The van der Waals surface area contributed by atoms with Gasteiger partial charge in [-0.1, -0.05) is 51.1 Å². The molecule has 1 aromatic carbocycles. The third kappa shape index (κ3) is 11.0. The van der Waals surface area contributed by atoms with Gasteiger partial charge in [0.15, 0.2) is 6.29 Å². The van der Waals surface area contributed by atoms with E-state index >= 15 is 0 Å². The minimum Gasteiger partial charge on any atom is -0.459 e. The first-order chi connectivity index (χ1) is 24.1. The van der Waals surface area contributed by atoms with Crippen LogP contribution in [-0.2, 0) is 25.4 Å². The third-order valence-corrected chi connectivity index (χ3v) is 11.9. The van der Waals surface area contributed by atoms with E-state index in [4.69, 9.17) is 14.2 Å².